The van der Waals surface area contributed by atoms with Crippen LogP contribution in [0.5, 0.6) is 0 Å². The van der Waals surface area contributed by atoms with E-state index >= 15 is 0 Å². The van der Waals surface area contributed by atoms with Crippen molar-refractivity contribution in [3.8, 4) is 17.4 Å². The van der Waals surface area contributed by atoms with Crippen molar-refractivity contribution in [2.75, 3.05) is 19.7 Å². The highest BCUT2D eigenvalue weighted by Gasteiger charge is 2.28. The second kappa shape index (κ2) is 12.3. The molecule has 1 aliphatic heterocycles. The maximum atomic E-state index is 13.5. The lowest BCUT2D eigenvalue weighted by Gasteiger charge is -2.18. The molecule has 1 aliphatic rings. The Morgan fingerprint density at radius 2 is 1.85 bits per heavy atom. The van der Waals surface area contributed by atoms with Gasteiger partial charge in [-0.25, -0.2) is 8.42 Å². The van der Waals surface area contributed by atoms with Gasteiger partial charge in [-0.1, -0.05) is 34.6 Å². The van der Waals surface area contributed by atoms with Crippen molar-refractivity contribution in [2.24, 2.45) is 5.41 Å². The lowest BCUT2D eigenvalue weighted by atomic mass is 9.87. The average Bonchev–Trinajstić information content (AvgIpc) is 3.68. The number of Topliss-reactive ketones (excluding diaryl/α,β-unsaturated/α-hetero) is 1. The van der Waals surface area contributed by atoms with Crippen LogP contribution < -0.4 is 14.8 Å². The summed E-state index contributed by atoms with van der Waals surface area (Å²) in [6, 6.07) is 12.0. The van der Waals surface area contributed by atoms with E-state index in [-0.39, 0.29) is 34.5 Å². The summed E-state index contributed by atoms with van der Waals surface area (Å²) in [5.74, 6) is 0.585. The number of benzene rings is 1. The van der Waals surface area contributed by atoms with Crippen LogP contribution >= 0.6 is 11.3 Å². The number of furan rings is 1. The van der Waals surface area contributed by atoms with Gasteiger partial charge in [0.2, 0.25) is 10.0 Å². The number of hydrogen-bond acceptors (Lipinski definition) is 8. The first-order chi connectivity index (χ1) is 19.4. The van der Waals surface area contributed by atoms with E-state index in [1.54, 1.807) is 77.1 Å². The van der Waals surface area contributed by atoms with E-state index in [0.717, 1.165) is 24.2 Å². The van der Waals surface area contributed by atoms with Crippen LogP contribution in [0.4, 0.5) is 0 Å². The number of ether oxygens (including phenoxy) is 1. The van der Waals surface area contributed by atoms with Crippen LogP contribution in [0.1, 0.15) is 53.2 Å². The van der Waals surface area contributed by atoms with Gasteiger partial charge in [-0.05, 0) is 49.2 Å². The fourth-order valence-corrected chi connectivity index (χ4v) is 7.20. The summed E-state index contributed by atoms with van der Waals surface area (Å²) in [5.41, 5.74) is -0.475. The summed E-state index contributed by atoms with van der Waals surface area (Å²) in [6.07, 6.45) is 3.13. The van der Waals surface area contributed by atoms with Crippen molar-refractivity contribution >= 4 is 38.8 Å². The normalized spacial score (nSPS) is 17.2. The number of aromatic nitrogens is 1. The van der Waals surface area contributed by atoms with Gasteiger partial charge in [0, 0.05) is 36.8 Å². The third kappa shape index (κ3) is 6.46. The number of nitrogens with zero attached hydrogens (tertiary/aromatic N) is 3. The predicted octanol–water partition coefficient (Wildman–Crippen LogP) is 3.50. The molecule has 0 spiro atoms. The van der Waals surface area contributed by atoms with Gasteiger partial charge in [0.25, 0.3) is 5.56 Å². The summed E-state index contributed by atoms with van der Waals surface area (Å²) >= 11 is 1.09. The van der Waals surface area contributed by atoms with Gasteiger partial charge in [-0.15, -0.1) is 11.3 Å². The number of ketones is 1. The van der Waals surface area contributed by atoms with Crippen molar-refractivity contribution in [1.29, 1.82) is 5.26 Å². The maximum absolute atomic E-state index is 13.5. The first kappa shape index (κ1) is 30.7. The van der Waals surface area contributed by atoms with Crippen LogP contribution in [0, 0.1) is 16.7 Å². The zero-order valence-electron chi connectivity index (χ0n) is 24.0. The maximum Gasteiger partial charge on any atom is 0.269 e. The van der Waals surface area contributed by atoms with E-state index in [2.05, 4.69) is 0 Å². The molecular formula is C30H35N3O6S2. The highest BCUT2D eigenvalue weighted by atomic mass is 32.2. The number of carbonyl (C=O) groups excluding carboxylic acids is 1. The van der Waals surface area contributed by atoms with Gasteiger partial charge in [0.15, 0.2) is 5.78 Å². The van der Waals surface area contributed by atoms with Crippen LogP contribution in [0.3, 0.4) is 0 Å². The van der Waals surface area contributed by atoms with E-state index in [4.69, 9.17) is 9.15 Å². The Labute approximate surface area is 244 Å². The number of carbonyl (C=O) groups is 1. The van der Waals surface area contributed by atoms with Crippen molar-refractivity contribution in [3.05, 3.63) is 61.7 Å². The molecule has 0 aliphatic carbocycles. The summed E-state index contributed by atoms with van der Waals surface area (Å²) in [5, 5.41) is 9.93. The molecule has 218 valence electrons. The molecule has 41 heavy (non-hydrogen) atoms. The second-order valence-electron chi connectivity index (χ2n) is 10.8. The van der Waals surface area contributed by atoms with Crippen molar-refractivity contribution in [1.82, 2.24) is 8.87 Å². The molecule has 1 aromatic carbocycles. The second-order valence-corrected chi connectivity index (χ2v) is 13.8. The Balaban J connectivity index is 1.75. The van der Waals surface area contributed by atoms with Gasteiger partial charge in [-0.2, -0.15) is 9.57 Å². The topological polar surface area (TPSA) is 123 Å². The van der Waals surface area contributed by atoms with E-state index in [9.17, 15) is 23.3 Å². The molecule has 1 fully saturated rings. The Bertz CT molecular complexity index is 1740. The minimum Gasteiger partial charge on any atom is -0.457 e. The smallest absolute Gasteiger partial charge is 0.269 e. The molecule has 0 saturated carbocycles. The first-order valence-corrected chi connectivity index (χ1v) is 15.9. The molecule has 1 atom stereocenters. The number of rotatable bonds is 9. The van der Waals surface area contributed by atoms with Crippen LogP contribution in [0.25, 0.3) is 23.0 Å². The van der Waals surface area contributed by atoms with Gasteiger partial charge >= 0.3 is 0 Å². The van der Waals surface area contributed by atoms with Gasteiger partial charge < -0.3 is 9.15 Å². The molecule has 0 bridgehead atoms. The van der Waals surface area contributed by atoms with E-state index in [1.807, 2.05) is 6.07 Å². The molecule has 3 aromatic rings. The molecule has 0 unspecified atom stereocenters. The van der Waals surface area contributed by atoms with Crippen LogP contribution in [0.2, 0.25) is 0 Å². The summed E-state index contributed by atoms with van der Waals surface area (Å²) in [4.78, 5) is 26.9. The molecule has 0 radical (unpaired) electrons. The molecule has 4 rings (SSSR count). The Hall–Kier alpha value is -3.30. The van der Waals surface area contributed by atoms with Crippen LogP contribution in [0.15, 0.2) is 50.5 Å². The van der Waals surface area contributed by atoms with E-state index in [1.165, 1.54) is 8.87 Å². The fourth-order valence-electron chi connectivity index (χ4n) is 4.65. The monoisotopic (exact) mass is 597 g/mol. The molecule has 2 aromatic heterocycles. The molecule has 3 heterocycles. The van der Waals surface area contributed by atoms with Gasteiger partial charge in [-0.3, -0.25) is 14.2 Å². The summed E-state index contributed by atoms with van der Waals surface area (Å²) in [6.45, 7) is 10.5. The minimum atomic E-state index is -3.57. The average molecular weight is 598 g/mol. The standard InChI is InChI=1S/C30H35N3O6S2/c1-6-32(7-2)41(36,37)23-13-10-20(11-14-23)25-15-12-21(39-25)17-26-28(35)33(19-22-9-8-16-38-22)29(40-26)24(18-31)27(34)30(3,4)5/h10-15,17,22H,6-9,16,19H2,1-5H3/b26-17+,29-24+/t22-/m1/s1. The fraction of sp³-hybridized carbons (Fsp3) is 0.433. The Kier molecular flexibility index (Phi) is 9.19. The third-order valence-electron chi connectivity index (χ3n) is 6.93. The number of thiazole rings is 1. The Morgan fingerprint density at radius 3 is 2.41 bits per heavy atom. The molecule has 0 amide bonds. The lowest BCUT2D eigenvalue weighted by Crippen LogP contribution is -2.37. The van der Waals surface area contributed by atoms with E-state index in [0.29, 0.717) is 46.0 Å². The highest BCUT2D eigenvalue weighted by molar-refractivity contribution is 7.89. The summed E-state index contributed by atoms with van der Waals surface area (Å²) < 4.78 is 40.9. The van der Waals surface area contributed by atoms with Crippen molar-refractivity contribution in [3.63, 3.8) is 0 Å². The SMILES string of the molecule is CCN(CC)S(=O)(=O)c1ccc(-c2ccc(/C=c3/s/c(=C(\C#N)C(=O)C(C)(C)C)n(C[C@H]4CCCO4)c3=O)o2)cc1. The molecule has 1 saturated heterocycles. The lowest BCUT2D eigenvalue weighted by molar-refractivity contribution is -0.120. The zero-order valence-corrected chi connectivity index (χ0v) is 25.6. The molecule has 9 nitrogen and oxygen atoms in total. The highest BCUT2D eigenvalue weighted by Crippen LogP contribution is 2.25. The zero-order chi connectivity index (χ0) is 29.9. The third-order valence-corrected chi connectivity index (χ3v) is 10.1. The number of hydrogen-bond donors (Lipinski definition) is 0. The number of sulfonamides is 1. The largest absolute Gasteiger partial charge is 0.457 e. The Morgan fingerprint density at radius 1 is 1.17 bits per heavy atom. The minimum absolute atomic E-state index is 0.0443. The molecular weight excluding hydrogens is 562 g/mol. The summed E-state index contributed by atoms with van der Waals surface area (Å²) in [7, 11) is -3.57. The molecule has 11 heteroatoms. The van der Waals surface area contributed by atoms with Crippen LogP contribution in [-0.4, -0.2) is 48.9 Å². The predicted molar refractivity (Wildman–Crippen MR) is 158 cm³/mol. The number of nitriles is 1. The van der Waals surface area contributed by atoms with Crippen molar-refractivity contribution in [2.45, 2.75) is 65.0 Å². The van der Waals surface area contributed by atoms with E-state index < -0.39 is 15.4 Å². The van der Waals surface area contributed by atoms with Crippen molar-refractivity contribution < 1.29 is 22.4 Å². The quantitative estimate of drug-likeness (QED) is 0.370. The van der Waals surface area contributed by atoms with Gasteiger partial charge in [0.05, 0.1) is 22.1 Å². The van der Waals surface area contributed by atoms with Crippen LogP contribution in [-0.2, 0) is 26.1 Å². The molecule has 0 N–H and O–H groups in total. The first-order valence-electron chi connectivity index (χ1n) is 13.6. The van der Waals surface area contributed by atoms with Gasteiger partial charge in [0.1, 0.15) is 27.8 Å².